The third kappa shape index (κ3) is 14.2. The predicted octanol–water partition coefficient (Wildman–Crippen LogP) is 9.84. The van der Waals surface area contributed by atoms with Gasteiger partial charge in [-0.3, -0.25) is 19.2 Å². The van der Waals surface area contributed by atoms with Gasteiger partial charge in [0.15, 0.2) is 0 Å². The summed E-state index contributed by atoms with van der Waals surface area (Å²) in [6.07, 6.45) is 3.74. The van der Waals surface area contributed by atoms with Gasteiger partial charge in [0, 0.05) is 70.8 Å². The normalized spacial score (nSPS) is 13.3. The Hall–Kier alpha value is -7.09. The molecule has 2 aliphatic rings. The number of carbonyl (C=O) groups excluding carboxylic acids is 5. The number of nitrogen functional groups attached to an aromatic ring is 1. The van der Waals surface area contributed by atoms with Gasteiger partial charge in [0.25, 0.3) is 23.6 Å². The summed E-state index contributed by atoms with van der Waals surface area (Å²) in [6.45, 7) is 16.7. The number of rotatable bonds is 13. The van der Waals surface area contributed by atoms with E-state index in [0.29, 0.717) is 75.5 Å². The maximum absolute atomic E-state index is 15.0. The molecule has 0 radical (unpaired) electrons. The topological polar surface area (TPSA) is 184 Å². The summed E-state index contributed by atoms with van der Waals surface area (Å²) >= 11 is 0. The largest absolute Gasteiger partial charge is 0.398 e. The summed E-state index contributed by atoms with van der Waals surface area (Å²) < 4.78 is 29.5. The molecule has 0 unspecified atom stereocenters. The summed E-state index contributed by atoms with van der Waals surface area (Å²) in [5.74, 6) is -2.12. The van der Waals surface area contributed by atoms with E-state index in [1.807, 2.05) is 71.9 Å². The smallest absolute Gasteiger partial charge is 0.319 e. The predicted molar refractivity (Wildman–Crippen MR) is 264 cm³/mol. The van der Waals surface area contributed by atoms with Crippen molar-refractivity contribution in [2.75, 3.05) is 24.1 Å². The van der Waals surface area contributed by atoms with Gasteiger partial charge in [0.2, 0.25) is 0 Å². The van der Waals surface area contributed by atoms with Crippen molar-refractivity contribution in [1.82, 2.24) is 26.6 Å². The lowest BCUT2D eigenvalue weighted by atomic mass is 9.94. The van der Waals surface area contributed by atoms with Gasteiger partial charge in [-0.05, 0) is 127 Å². The zero-order chi connectivity index (χ0) is 49.5. The molecule has 68 heavy (non-hydrogen) atoms. The Morgan fingerprint density at radius 3 is 1.46 bits per heavy atom. The van der Waals surface area contributed by atoms with Crippen LogP contribution in [0.3, 0.4) is 0 Å². The molecule has 12 nitrogen and oxygen atoms in total. The van der Waals surface area contributed by atoms with Crippen LogP contribution in [0.15, 0.2) is 91.0 Å². The van der Waals surface area contributed by atoms with Gasteiger partial charge in [-0.25, -0.2) is 13.6 Å². The number of urea groups is 1. The Bertz CT molecular complexity index is 2700. The minimum absolute atomic E-state index is 0.0305. The molecule has 2 aliphatic carbocycles. The molecule has 0 aliphatic heterocycles. The van der Waals surface area contributed by atoms with Gasteiger partial charge in [-0.1, -0.05) is 84.0 Å². The Morgan fingerprint density at radius 1 is 0.544 bits per heavy atom. The lowest BCUT2D eigenvalue weighted by Gasteiger charge is -2.20. The molecule has 0 bridgehead atoms. The molecule has 5 aromatic carbocycles. The second-order valence-corrected chi connectivity index (χ2v) is 20.1. The highest BCUT2D eigenvalue weighted by atomic mass is 19.1. The Labute approximate surface area is 397 Å². The van der Waals surface area contributed by atoms with Crippen LogP contribution in [0.1, 0.15) is 125 Å². The number of hydrogen-bond acceptors (Lipinski definition) is 6. The molecule has 2 saturated carbocycles. The molecule has 14 heteroatoms. The minimum Gasteiger partial charge on any atom is -0.398 e. The molecule has 358 valence electrons. The molecule has 7 rings (SSSR count). The van der Waals surface area contributed by atoms with Crippen LogP contribution in [0.5, 0.6) is 0 Å². The lowest BCUT2D eigenvalue weighted by molar-refractivity contribution is 0.0932. The van der Waals surface area contributed by atoms with Crippen molar-refractivity contribution in [1.29, 1.82) is 0 Å². The summed E-state index contributed by atoms with van der Waals surface area (Å²) in [7, 11) is 0. The van der Waals surface area contributed by atoms with E-state index >= 15 is 4.39 Å². The Balaban J connectivity index is 0.000000234. The third-order valence-electron chi connectivity index (χ3n) is 11.3. The van der Waals surface area contributed by atoms with Crippen molar-refractivity contribution in [3.05, 3.63) is 142 Å². The second-order valence-electron chi connectivity index (χ2n) is 20.1. The summed E-state index contributed by atoms with van der Waals surface area (Å²) in [4.78, 5) is 63.3. The number of carbonyl (C=O) groups is 5. The quantitative estimate of drug-likeness (QED) is 0.0577. The Morgan fingerprint density at radius 2 is 1.00 bits per heavy atom. The molecular weight excluding hydrogens is 865 g/mol. The first-order valence-electron chi connectivity index (χ1n) is 23.0. The minimum atomic E-state index is -0.528. The first-order chi connectivity index (χ1) is 32.0. The molecule has 0 saturated heterocycles. The number of halogens is 2. The van der Waals surface area contributed by atoms with E-state index in [9.17, 15) is 28.4 Å². The van der Waals surface area contributed by atoms with Crippen LogP contribution in [0.25, 0.3) is 22.3 Å². The number of anilines is 2. The first-order valence-corrected chi connectivity index (χ1v) is 23.0. The average molecular weight is 928 g/mol. The fraction of sp³-hybridized carbons (Fsp3) is 0.352. The number of benzene rings is 5. The van der Waals surface area contributed by atoms with Crippen molar-refractivity contribution >= 4 is 41.0 Å². The molecule has 2 fully saturated rings. The lowest BCUT2D eigenvalue weighted by Crippen LogP contribution is -2.32. The van der Waals surface area contributed by atoms with Crippen LogP contribution in [0.2, 0.25) is 0 Å². The molecule has 0 aromatic heterocycles. The molecule has 5 aromatic rings. The van der Waals surface area contributed by atoms with Crippen molar-refractivity contribution in [3.63, 3.8) is 0 Å². The summed E-state index contributed by atoms with van der Waals surface area (Å²) in [5.41, 5.74) is 11.8. The van der Waals surface area contributed by atoms with Gasteiger partial charge in [0.1, 0.15) is 11.6 Å². The van der Waals surface area contributed by atoms with E-state index in [0.717, 1.165) is 31.2 Å². The number of amides is 6. The van der Waals surface area contributed by atoms with Gasteiger partial charge in [-0.2, -0.15) is 0 Å². The Kier molecular flexibility index (Phi) is 15.7. The van der Waals surface area contributed by atoms with Crippen molar-refractivity contribution in [2.24, 2.45) is 10.8 Å². The van der Waals surface area contributed by atoms with Gasteiger partial charge in [-0.15, -0.1) is 0 Å². The second kappa shape index (κ2) is 21.3. The zero-order valence-corrected chi connectivity index (χ0v) is 40.1. The van der Waals surface area contributed by atoms with E-state index < -0.39 is 17.7 Å². The highest BCUT2D eigenvalue weighted by Crippen LogP contribution is 2.35. The van der Waals surface area contributed by atoms with Crippen LogP contribution >= 0.6 is 0 Å². The van der Waals surface area contributed by atoms with Crippen LogP contribution in [0.4, 0.5) is 25.0 Å². The van der Waals surface area contributed by atoms with E-state index in [2.05, 4.69) is 31.9 Å². The van der Waals surface area contributed by atoms with Crippen LogP contribution < -0.4 is 37.6 Å². The highest BCUT2D eigenvalue weighted by Gasteiger charge is 2.27. The SMILES string of the molecule is Cc1c(F)cc(C(=O)NC2CC2)cc1-c1ccc(C(=O)NCC(C)(C)C)cc1N.Cc1c(F)cc(C(=O)NC2CC2)cc1-c1ccc(C(=O)NCC(C)(C)C)cc1NC(=O)NCc1ccccc1. The van der Waals surface area contributed by atoms with Crippen molar-refractivity contribution < 1.29 is 32.8 Å². The molecule has 8 N–H and O–H groups in total. The number of hydrogen-bond donors (Lipinski definition) is 7. The molecule has 0 heterocycles. The fourth-order valence-corrected chi connectivity index (χ4v) is 6.98. The molecule has 0 atom stereocenters. The molecular formula is C54H63F2N7O5. The van der Waals surface area contributed by atoms with Crippen LogP contribution in [-0.2, 0) is 6.54 Å². The van der Waals surface area contributed by atoms with Gasteiger partial charge >= 0.3 is 6.03 Å². The molecule has 0 spiro atoms. The molecule has 6 amide bonds. The van der Waals surface area contributed by atoms with E-state index in [4.69, 9.17) is 5.73 Å². The zero-order valence-electron chi connectivity index (χ0n) is 40.1. The van der Waals surface area contributed by atoms with Crippen molar-refractivity contribution in [2.45, 2.75) is 99.7 Å². The van der Waals surface area contributed by atoms with E-state index in [1.54, 1.807) is 62.4 Å². The third-order valence-corrected chi connectivity index (χ3v) is 11.3. The van der Waals surface area contributed by atoms with Gasteiger partial charge < -0.3 is 37.6 Å². The average Bonchev–Trinajstić information content (AvgIpc) is 4.24. The number of nitrogens with one attached hydrogen (secondary N) is 6. The van der Waals surface area contributed by atoms with Crippen LogP contribution in [-0.4, -0.2) is 54.8 Å². The van der Waals surface area contributed by atoms with Gasteiger partial charge in [0.05, 0.1) is 5.69 Å². The maximum Gasteiger partial charge on any atom is 0.319 e. The standard InChI is InChI=1S/C31H35FN4O3.C23H28FN3O2/c1-19-25(14-22(15-26(19)32)29(38)35-23-11-12-23)24-13-10-21(28(37)34-18-31(2,3)4)16-27(24)36-30(39)33-17-20-8-6-5-7-9-20;1-13-18(9-15(10-19(13)24)22(29)27-16-6-7-16)17-8-5-14(11-20(17)25)21(28)26-12-23(2,3)4/h5-10,13-16,23H,11-12,17-18H2,1-4H3,(H,34,37)(H,35,38)(H2,33,36,39);5,8-11,16H,6-7,12,25H2,1-4H3,(H,26,28)(H,27,29). The van der Waals surface area contributed by atoms with Crippen LogP contribution in [0, 0.1) is 36.3 Å². The van der Waals surface area contributed by atoms with Crippen molar-refractivity contribution in [3.8, 4) is 22.3 Å². The number of nitrogens with two attached hydrogens (primary N) is 1. The van der Waals surface area contributed by atoms with E-state index in [-0.39, 0.29) is 57.7 Å². The summed E-state index contributed by atoms with van der Waals surface area (Å²) in [6, 6.07) is 24.9. The maximum atomic E-state index is 15.0. The highest BCUT2D eigenvalue weighted by molar-refractivity contribution is 6.02. The first kappa shape index (κ1) is 50.3. The summed E-state index contributed by atoms with van der Waals surface area (Å²) in [5, 5.41) is 17.2. The monoisotopic (exact) mass is 927 g/mol. The fourth-order valence-electron chi connectivity index (χ4n) is 6.98. The van der Waals surface area contributed by atoms with E-state index in [1.165, 1.54) is 12.1 Å².